The van der Waals surface area contributed by atoms with Gasteiger partial charge in [0, 0.05) is 19.2 Å². The monoisotopic (exact) mass is 455 g/mol. The third kappa shape index (κ3) is 4.96. The number of rotatable bonds is 10. The van der Waals surface area contributed by atoms with Crippen LogP contribution in [0.1, 0.15) is 31.0 Å². The summed E-state index contributed by atoms with van der Waals surface area (Å²) in [5, 5.41) is 11.1. The van der Waals surface area contributed by atoms with E-state index in [4.69, 9.17) is 18.9 Å². The van der Waals surface area contributed by atoms with Crippen molar-refractivity contribution in [1.82, 2.24) is 4.90 Å². The normalized spacial score (nSPS) is 17.3. The van der Waals surface area contributed by atoms with Gasteiger partial charge in [-0.2, -0.15) is 0 Å². The molecule has 8 nitrogen and oxygen atoms in total. The van der Waals surface area contributed by atoms with Crippen LogP contribution < -0.4 is 14.2 Å². The molecule has 1 aliphatic rings. The highest BCUT2D eigenvalue weighted by Gasteiger charge is 2.46. The number of hydrogen-bond donors (Lipinski definition) is 1. The maximum atomic E-state index is 13.0. The summed E-state index contributed by atoms with van der Waals surface area (Å²) in [7, 11) is 3.04. The van der Waals surface area contributed by atoms with E-state index in [1.54, 1.807) is 42.5 Å². The zero-order valence-electron chi connectivity index (χ0n) is 19.3. The van der Waals surface area contributed by atoms with Crippen LogP contribution in [0, 0.1) is 0 Å². The van der Waals surface area contributed by atoms with E-state index in [0.29, 0.717) is 41.6 Å². The second-order valence-corrected chi connectivity index (χ2v) is 7.29. The number of hydrogen-bond acceptors (Lipinski definition) is 7. The molecular formula is C25H29NO7. The molecule has 8 heteroatoms. The van der Waals surface area contributed by atoms with Crippen LogP contribution in [0.25, 0.3) is 5.76 Å². The molecule has 1 atom stereocenters. The van der Waals surface area contributed by atoms with Crippen LogP contribution >= 0.6 is 0 Å². The molecule has 1 aliphatic heterocycles. The first kappa shape index (κ1) is 24.1. The van der Waals surface area contributed by atoms with E-state index in [1.165, 1.54) is 19.1 Å². The highest BCUT2D eigenvalue weighted by atomic mass is 16.5. The Balaban J connectivity index is 2.13. The Kier molecular flexibility index (Phi) is 7.95. The standard InChI is InChI=1S/C25H29NO7/c1-5-32-18-10-7-16(8-11-18)23(27)21-22(26(13-14-30-3)25(29)24(21)28)17-9-12-19(33-6-2)20(15-17)31-4/h7-12,15,22,27H,5-6,13-14H2,1-4H3/b23-21+/t22-/m1/s1. The van der Waals surface area contributed by atoms with Crippen LogP contribution in [-0.4, -0.2) is 62.3 Å². The van der Waals surface area contributed by atoms with Gasteiger partial charge in [0.05, 0.1) is 38.5 Å². The van der Waals surface area contributed by atoms with Crippen molar-refractivity contribution in [2.75, 3.05) is 40.6 Å². The van der Waals surface area contributed by atoms with Gasteiger partial charge in [-0.3, -0.25) is 9.59 Å². The Hall–Kier alpha value is -3.52. The summed E-state index contributed by atoms with van der Waals surface area (Å²) in [6.07, 6.45) is 0. The van der Waals surface area contributed by atoms with E-state index < -0.39 is 17.7 Å². The van der Waals surface area contributed by atoms with E-state index in [1.807, 2.05) is 13.8 Å². The van der Waals surface area contributed by atoms with Crippen molar-refractivity contribution in [1.29, 1.82) is 0 Å². The predicted molar refractivity (Wildman–Crippen MR) is 123 cm³/mol. The van der Waals surface area contributed by atoms with Crippen molar-refractivity contribution in [3.05, 3.63) is 59.2 Å². The molecule has 176 valence electrons. The van der Waals surface area contributed by atoms with Crippen molar-refractivity contribution < 1.29 is 33.6 Å². The van der Waals surface area contributed by atoms with Gasteiger partial charge in [-0.05, 0) is 55.8 Å². The van der Waals surface area contributed by atoms with Crippen LogP contribution in [0.4, 0.5) is 0 Å². The number of carbonyl (C=O) groups excluding carboxylic acids is 2. The van der Waals surface area contributed by atoms with Gasteiger partial charge in [0.2, 0.25) is 0 Å². The van der Waals surface area contributed by atoms with E-state index in [-0.39, 0.29) is 24.5 Å². The maximum absolute atomic E-state index is 13.0. The van der Waals surface area contributed by atoms with Crippen LogP contribution in [0.3, 0.4) is 0 Å². The highest BCUT2D eigenvalue weighted by molar-refractivity contribution is 6.46. The number of methoxy groups -OCH3 is 2. The highest BCUT2D eigenvalue weighted by Crippen LogP contribution is 2.42. The molecule has 1 fully saturated rings. The van der Waals surface area contributed by atoms with Crippen LogP contribution in [0.5, 0.6) is 17.2 Å². The van der Waals surface area contributed by atoms with Gasteiger partial charge >= 0.3 is 0 Å². The smallest absolute Gasteiger partial charge is 0.295 e. The van der Waals surface area contributed by atoms with Crippen molar-refractivity contribution >= 4 is 17.4 Å². The Bertz CT molecular complexity index is 1030. The molecule has 33 heavy (non-hydrogen) atoms. The molecule has 0 spiro atoms. The molecule has 3 rings (SSSR count). The zero-order valence-corrected chi connectivity index (χ0v) is 19.3. The molecule has 0 radical (unpaired) electrons. The van der Waals surface area contributed by atoms with Gasteiger partial charge in [-0.15, -0.1) is 0 Å². The third-order valence-corrected chi connectivity index (χ3v) is 5.32. The largest absolute Gasteiger partial charge is 0.507 e. The number of ether oxygens (including phenoxy) is 4. The van der Waals surface area contributed by atoms with Crippen molar-refractivity contribution in [3.8, 4) is 17.2 Å². The summed E-state index contributed by atoms with van der Waals surface area (Å²) >= 11 is 0. The summed E-state index contributed by atoms with van der Waals surface area (Å²) in [4.78, 5) is 27.3. The average molecular weight is 456 g/mol. The Morgan fingerprint density at radius 3 is 2.27 bits per heavy atom. The minimum absolute atomic E-state index is 0.00600. The molecule has 1 amide bonds. The second-order valence-electron chi connectivity index (χ2n) is 7.29. The summed E-state index contributed by atoms with van der Waals surface area (Å²) in [6.45, 7) is 5.13. The summed E-state index contributed by atoms with van der Waals surface area (Å²) < 4.78 is 21.6. The average Bonchev–Trinajstić information content (AvgIpc) is 3.08. The first-order chi connectivity index (χ1) is 16.0. The summed E-state index contributed by atoms with van der Waals surface area (Å²) in [6, 6.07) is 11.1. The fourth-order valence-electron chi connectivity index (χ4n) is 3.81. The lowest BCUT2D eigenvalue weighted by Gasteiger charge is -2.25. The fourth-order valence-corrected chi connectivity index (χ4v) is 3.81. The number of benzene rings is 2. The Labute approximate surface area is 193 Å². The SMILES string of the molecule is CCOc1ccc(/C(O)=C2\C(=O)C(=O)N(CCOC)[C@@H]2c2ccc(OCC)c(OC)c2)cc1. The molecule has 0 aliphatic carbocycles. The molecule has 0 aromatic heterocycles. The van der Waals surface area contributed by atoms with E-state index in [0.717, 1.165) is 0 Å². The molecule has 1 heterocycles. The van der Waals surface area contributed by atoms with Crippen molar-refractivity contribution in [2.45, 2.75) is 19.9 Å². The lowest BCUT2D eigenvalue weighted by Crippen LogP contribution is -2.32. The number of nitrogens with zero attached hydrogens (tertiary/aromatic N) is 1. The summed E-state index contributed by atoms with van der Waals surface area (Å²) in [5.41, 5.74) is 1.02. The topological polar surface area (TPSA) is 94.5 Å². The van der Waals surface area contributed by atoms with Gasteiger partial charge in [0.1, 0.15) is 11.5 Å². The number of aliphatic hydroxyl groups is 1. The van der Waals surface area contributed by atoms with E-state index >= 15 is 0 Å². The number of amides is 1. The quantitative estimate of drug-likeness (QED) is 0.333. The van der Waals surface area contributed by atoms with Crippen molar-refractivity contribution in [2.24, 2.45) is 0 Å². The van der Waals surface area contributed by atoms with Crippen LogP contribution in [-0.2, 0) is 14.3 Å². The van der Waals surface area contributed by atoms with Gasteiger partial charge in [-0.25, -0.2) is 0 Å². The minimum Gasteiger partial charge on any atom is -0.507 e. The number of ketones is 1. The molecule has 0 unspecified atom stereocenters. The number of aliphatic hydroxyl groups excluding tert-OH is 1. The number of Topliss-reactive ketones (excluding diaryl/α,β-unsaturated/α-hetero) is 1. The predicted octanol–water partition coefficient (Wildman–Crippen LogP) is 3.56. The molecule has 2 aromatic rings. The first-order valence-corrected chi connectivity index (χ1v) is 10.8. The molecular weight excluding hydrogens is 426 g/mol. The van der Waals surface area contributed by atoms with Gasteiger partial charge < -0.3 is 29.0 Å². The second kappa shape index (κ2) is 10.9. The van der Waals surface area contributed by atoms with E-state index in [9.17, 15) is 14.7 Å². The fraction of sp³-hybridized carbons (Fsp3) is 0.360. The maximum Gasteiger partial charge on any atom is 0.295 e. The molecule has 0 bridgehead atoms. The Morgan fingerprint density at radius 2 is 1.67 bits per heavy atom. The van der Waals surface area contributed by atoms with Gasteiger partial charge in [0.25, 0.3) is 11.7 Å². The third-order valence-electron chi connectivity index (χ3n) is 5.32. The summed E-state index contributed by atoms with van der Waals surface area (Å²) in [5.74, 6) is -0.0545. The van der Waals surface area contributed by atoms with Gasteiger partial charge in [0.15, 0.2) is 11.5 Å². The molecule has 1 saturated heterocycles. The van der Waals surface area contributed by atoms with Crippen LogP contribution in [0.15, 0.2) is 48.0 Å². The van der Waals surface area contributed by atoms with Gasteiger partial charge in [-0.1, -0.05) is 6.07 Å². The zero-order chi connectivity index (χ0) is 24.0. The molecule has 2 aromatic carbocycles. The molecule has 1 N–H and O–H groups in total. The van der Waals surface area contributed by atoms with Crippen LogP contribution in [0.2, 0.25) is 0 Å². The van der Waals surface area contributed by atoms with E-state index in [2.05, 4.69) is 0 Å². The number of likely N-dealkylation sites (tertiary alicyclic amines) is 1. The molecule has 0 saturated carbocycles. The minimum atomic E-state index is -0.809. The first-order valence-electron chi connectivity index (χ1n) is 10.8. The van der Waals surface area contributed by atoms with Crippen molar-refractivity contribution in [3.63, 3.8) is 0 Å². The lowest BCUT2D eigenvalue weighted by atomic mass is 9.95. The Morgan fingerprint density at radius 1 is 0.970 bits per heavy atom. The number of carbonyl (C=O) groups is 2. The lowest BCUT2D eigenvalue weighted by molar-refractivity contribution is -0.140.